The van der Waals surface area contributed by atoms with Crippen molar-refractivity contribution in [3.63, 3.8) is 0 Å². The number of nitrogens with one attached hydrogen (secondary N) is 1. The monoisotopic (exact) mass is 238 g/mol. The summed E-state index contributed by atoms with van der Waals surface area (Å²) in [7, 11) is 1.70. The maximum atomic E-state index is 7.72. The smallest absolute Gasteiger partial charge is 0.152 e. The largest absolute Gasteiger partial charge is 0.283 e. The van der Waals surface area contributed by atoms with Crippen LogP contribution in [0.25, 0.3) is 10.9 Å². The highest BCUT2D eigenvalue weighted by Gasteiger charge is 1.99. The summed E-state index contributed by atoms with van der Waals surface area (Å²) in [5.74, 6) is 0. The van der Waals surface area contributed by atoms with Crippen LogP contribution in [0.4, 0.5) is 0 Å². The van der Waals surface area contributed by atoms with Crippen LogP contribution >= 0.6 is 15.9 Å². The van der Waals surface area contributed by atoms with Gasteiger partial charge in [-0.2, -0.15) is 0 Å². The van der Waals surface area contributed by atoms with Crippen molar-refractivity contribution in [1.29, 1.82) is 5.41 Å². The second kappa shape index (κ2) is 2.92. The van der Waals surface area contributed by atoms with E-state index >= 15 is 0 Å². The van der Waals surface area contributed by atoms with Crippen LogP contribution in [-0.2, 0) is 7.05 Å². The molecule has 66 valence electrons. The molecule has 0 aliphatic carbocycles. The summed E-state index contributed by atoms with van der Waals surface area (Å²) in [5.41, 5.74) is 1.11. The Morgan fingerprint density at radius 3 is 3.00 bits per heavy atom. The highest BCUT2D eigenvalue weighted by atomic mass is 79.9. The number of halogens is 1. The molecule has 5 heteroatoms. The summed E-state index contributed by atoms with van der Waals surface area (Å²) < 4.78 is 2.39. The molecule has 1 aromatic heterocycles. The third kappa shape index (κ3) is 1.35. The molecule has 1 N–H and O–H groups in total. The number of hydrogen-bond acceptors (Lipinski definition) is 3. The van der Waals surface area contributed by atoms with Crippen molar-refractivity contribution in [2.75, 3.05) is 0 Å². The second-order valence-electron chi connectivity index (χ2n) is 2.72. The molecule has 0 unspecified atom stereocenters. The van der Waals surface area contributed by atoms with E-state index < -0.39 is 0 Å². The van der Waals surface area contributed by atoms with E-state index in [1.54, 1.807) is 7.05 Å². The molecule has 0 saturated carbocycles. The first kappa shape index (κ1) is 8.37. The average molecular weight is 239 g/mol. The van der Waals surface area contributed by atoms with Gasteiger partial charge >= 0.3 is 0 Å². The molecule has 2 rings (SSSR count). The van der Waals surface area contributed by atoms with E-state index in [2.05, 4.69) is 26.2 Å². The number of benzene rings is 1. The Balaban J connectivity index is 2.97. The molecule has 0 radical (unpaired) electrons. The molecular formula is C8H7BrN4. The predicted octanol–water partition coefficient (Wildman–Crippen LogP) is 1.21. The summed E-state index contributed by atoms with van der Waals surface area (Å²) in [6, 6.07) is 5.59. The SMILES string of the molecule is Cn1nnc2ccc(Br)cc2c1=N. The first-order valence-electron chi connectivity index (χ1n) is 3.72. The lowest BCUT2D eigenvalue weighted by Crippen LogP contribution is -2.20. The molecule has 0 fully saturated rings. The average Bonchev–Trinajstić information content (AvgIpc) is 2.12. The van der Waals surface area contributed by atoms with E-state index in [1.807, 2.05) is 18.2 Å². The number of hydrogen-bond donors (Lipinski definition) is 1. The van der Waals surface area contributed by atoms with E-state index in [0.717, 1.165) is 15.4 Å². The van der Waals surface area contributed by atoms with Crippen LogP contribution in [0.2, 0.25) is 0 Å². The lowest BCUT2D eigenvalue weighted by molar-refractivity contribution is 0.638. The van der Waals surface area contributed by atoms with Gasteiger partial charge in [-0.1, -0.05) is 21.1 Å². The lowest BCUT2D eigenvalue weighted by Gasteiger charge is -2.00. The molecule has 0 aliphatic rings. The third-order valence-corrected chi connectivity index (χ3v) is 2.32. The summed E-state index contributed by atoms with van der Waals surface area (Å²) in [6.07, 6.45) is 0. The minimum Gasteiger partial charge on any atom is -0.283 e. The summed E-state index contributed by atoms with van der Waals surface area (Å²) >= 11 is 3.35. The Morgan fingerprint density at radius 2 is 2.23 bits per heavy atom. The maximum Gasteiger partial charge on any atom is 0.152 e. The molecule has 0 amide bonds. The van der Waals surface area contributed by atoms with Crippen molar-refractivity contribution in [2.24, 2.45) is 7.05 Å². The van der Waals surface area contributed by atoms with Gasteiger partial charge < -0.3 is 0 Å². The van der Waals surface area contributed by atoms with Gasteiger partial charge in [0.2, 0.25) is 0 Å². The zero-order chi connectivity index (χ0) is 9.42. The Kier molecular flexibility index (Phi) is 1.88. The predicted molar refractivity (Wildman–Crippen MR) is 52.1 cm³/mol. The van der Waals surface area contributed by atoms with Gasteiger partial charge in [0.05, 0.1) is 5.52 Å². The molecule has 0 spiro atoms. The summed E-state index contributed by atoms with van der Waals surface area (Å²) in [6.45, 7) is 0. The molecule has 0 atom stereocenters. The van der Waals surface area contributed by atoms with E-state index in [-0.39, 0.29) is 0 Å². The molecule has 13 heavy (non-hydrogen) atoms. The van der Waals surface area contributed by atoms with Gasteiger partial charge in [0.15, 0.2) is 5.49 Å². The molecule has 2 aromatic rings. The lowest BCUT2D eigenvalue weighted by atomic mass is 10.2. The van der Waals surface area contributed by atoms with Crippen molar-refractivity contribution in [3.8, 4) is 0 Å². The molecular weight excluding hydrogens is 232 g/mol. The van der Waals surface area contributed by atoms with Crippen LogP contribution in [0.3, 0.4) is 0 Å². The van der Waals surface area contributed by atoms with Crippen LogP contribution in [0.5, 0.6) is 0 Å². The van der Waals surface area contributed by atoms with E-state index in [9.17, 15) is 0 Å². The zero-order valence-electron chi connectivity index (χ0n) is 6.95. The molecule has 0 bridgehead atoms. The van der Waals surface area contributed by atoms with Crippen molar-refractivity contribution < 1.29 is 0 Å². The first-order chi connectivity index (χ1) is 6.18. The van der Waals surface area contributed by atoms with Crippen LogP contribution in [0, 0.1) is 5.41 Å². The molecule has 4 nitrogen and oxygen atoms in total. The molecule has 1 aromatic carbocycles. The number of fused-ring (bicyclic) bond motifs is 1. The minimum absolute atomic E-state index is 0.367. The Morgan fingerprint density at radius 1 is 1.46 bits per heavy atom. The van der Waals surface area contributed by atoms with Gasteiger partial charge in [-0.25, -0.2) is 4.68 Å². The molecule has 0 saturated heterocycles. The van der Waals surface area contributed by atoms with E-state index in [1.165, 1.54) is 4.68 Å². The summed E-state index contributed by atoms with van der Waals surface area (Å²) in [5, 5.41) is 16.3. The number of rotatable bonds is 0. The summed E-state index contributed by atoms with van der Waals surface area (Å²) in [4.78, 5) is 0. The quantitative estimate of drug-likeness (QED) is 0.751. The van der Waals surface area contributed by atoms with Crippen LogP contribution in [0.1, 0.15) is 0 Å². The standard InChI is InChI=1S/C8H7BrN4/c1-13-8(10)6-4-5(9)2-3-7(6)11-12-13/h2-4,10H,1H3. The number of aryl methyl sites for hydroxylation is 1. The molecule has 1 heterocycles. The second-order valence-corrected chi connectivity index (χ2v) is 3.64. The Labute approximate surface area is 82.8 Å². The molecule has 0 aliphatic heterocycles. The third-order valence-electron chi connectivity index (χ3n) is 1.82. The Hall–Kier alpha value is -1.23. The number of aromatic nitrogens is 3. The number of nitrogens with zero attached hydrogens (tertiary/aromatic N) is 3. The van der Waals surface area contributed by atoms with Crippen LogP contribution in [0.15, 0.2) is 22.7 Å². The topological polar surface area (TPSA) is 54.6 Å². The van der Waals surface area contributed by atoms with Crippen LogP contribution < -0.4 is 5.49 Å². The van der Waals surface area contributed by atoms with Crippen molar-refractivity contribution in [1.82, 2.24) is 15.0 Å². The minimum atomic E-state index is 0.367. The van der Waals surface area contributed by atoms with Gasteiger partial charge in [-0.15, -0.1) is 5.10 Å². The van der Waals surface area contributed by atoms with Gasteiger partial charge in [0.25, 0.3) is 0 Å². The fraction of sp³-hybridized carbons (Fsp3) is 0.125. The van der Waals surface area contributed by atoms with Crippen molar-refractivity contribution >= 4 is 26.8 Å². The van der Waals surface area contributed by atoms with Crippen molar-refractivity contribution in [3.05, 3.63) is 28.2 Å². The van der Waals surface area contributed by atoms with Gasteiger partial charge in [-0.05, 0) is 18.2 Å². The normalized spacial score (nSPS) is 10.6. The maximum absolute atomic E-state index is 7.72. The fourth-order valence-corrected chi connectivity index (χ4v) is 1.48. The first-order valence-corrected chi connectivity index (χ1v) is 4.51. The van der Waals surface area contributed by atoms with E-state index in [0.29, 0.717) is 5.49 Å². The highest BCUT2D eigenvalue weighted by Crippen LogP contribution is 2.13. The van der Waals surface area contributed by atoms with Gasteiger partial charge in [0.1, 0.15) is 0 Å². The highest BCUT2D eigenvalue weighted by molar-refractivity contribution is 9.10. The zero-order valence-corrected chi connectivity index (χ0v) is 8.54. The Bertz CT molecular complexity index is 512. The van der Waals surface area contributed by atoms with Crippen LogP contribution in [-0.4, -0.2) is 15.0 Å². The van der Waals surface area contributed by atoms with Gasteiger partial charge in [-0.3, -0.25) is 5.41 Å². The fourth-order valence-electron chi connectivity index (χ4n) is 1.12. The van der Waals surface area contributed by atoms with Gasteiger partial charge in [0, 0.05) is 16.9 Å². The van der Waals surface area contributed by atoms with Crippen molar-refractivity contribution in [2.45, 2.75) is 0 Å². The van der Waals surface area contributed by atoms with E-state index in [4.69, 9.17) is 5.41 Å².